The lowest BCUT2D eigenvalue weighted by molar-refractivity contribution is -0.118. The van der Waals surface area contributed by atoms with Gasteiger partial charge in [0.25, 0.3) is 0 Å². The first-order valence-corrected chi connectivity index (χ1v) is 6.47. The van der Waals surface area contributed by atoms with E-state index in [1.165, 1.54) is 24.6 Å². The molecule has 0 saturated carbocycles. The maximum absolute atomic E-state index is 11.6. The number of carbonyl (C=O) groups is 2. The molecule has 1 saturated heterocycles. The van der Waals surface area contributed by atoms with Gasteiger partial charge >= 0.3 is 5.97 Å². The van der Waals surface area contributed by atoms with Crippen LogP contribution in [0.3, 0.4) is 0 Å². The molecule has 0 bridgehead atoms. The van der Waals surface area contributed by atoms with Gasteiger partial charge < -0.3 is 15.0 Å². The van der Waals surface area contributed by atoms with Crippen LogP contribution >= 0.6 is 11.3 Å². The molecule has 98 valence electrons. The highest BCUT2D eigenvalue weighted by molar-refractivity contribution is 7.17. The molecule has 0 aliphatic carbocycles. The van der Waals surface area contributed by atoms with E-state index in [4.69, 9.17) is 0 Å². The van der Waals surface area contributed by atoms with Gasteiger partial charge in [-0.1, -0.05) is 11.3 Å². The molecular weight excluding hydrogens is 254 g/mol. The second-order valence-electron chi connectivity index (χ2n) is 4.02. The van der Waals surface area contributed by atoms with Gasteiger partial charge in [-0.2, -0.15) is 0 Å². The van der Waals surface area contributed by atoms with Crippen molar-refractivity contribution in [1.82, 2.24) is 10.3 Å². The number of ether oxygens (including phenoxy) is 1. The van der Waals surface area contributed by atoms with E-state index < -0.39 is 5.97 Å². The van der Waals surface area contributed by atoms with Gasteiger partial charge in [-0.05, 0) is 6.92 Å². The number of piperazine rings is 1. The zero-order valence-electron chi connectivity index (χ0n) is 10.3. The van der Waals surface area contributed by atoms with Crippen LogP contribution in [0.2, 0.25) is 0 Å². The van der Waals surface area contributed by atoms with E-state index in [2.05, 4.69) is 15.0 Å². The topological polar surface area (TPSA) is 71.5 Å². The number of aromatic nitrogens is 1. The van der Waals surface area contributed by atoms with Crippen molar-refractivity contribution in [2.45, 2.75) is 13.0 Å². The van der Waals surface area contributed by atoms with E-state index in [1.807, 2.05) is 4.90 Å². The summed E-state index contributed by atoms with van der Waals surface area (Å²) in [4.78, 5) is 29.6. The second-order valence-corrected chi connectivity index (χ2v) is 5.03. The Morgan fingerprint density at radius 3 is 3.06 bits per heavy atom. The Hall–Kier alpha value is -1.47. The Morgan fingerprint density at radius 1 is 1.61 bits per heavy atom. The standard InChI is InChI=1S/C11H15N3O3S/c1-7(15)8-5-12-3-4-14(8)11-13-6-9(18-11)10(16)17-2/h6,8,12H,3-5H2,1-2H3. The minimum atomic E-state index is -0.395. The smallest absolute Gasteiger partial charge is 0.349 e. The fraction of sp³-hybridized carbons (Fsp3) is 0.545. The number of anilines is 1. The summed E-state index contributed by atoms with van der Waals surface area (Å²) in [6, 6.07) is -0.213. The molecular formula is C11H15N3O3S. The highest BCUT2D eigenvalue weighted by Crippen LogP contribution is 2.25. The molecule has 2 heterocycles. The lowest BCUT2D eigenvalue weighted by atomic mass is 10.1. The summed E-state index contributed by atoms with van der Waals surface area (Å²) in [6.45, 7) is 3.69. The summed E-state index contributed by atoms with van der Waals surface area (Å²) < 4.78 is 4.64. The van der Waals surface area contributed by atoms with E-state index in [0.29, 0.717) is 23.1 Å². The van der Waals surface area contributed by atoms with Gasteiger partial charge in [0.1, 0.15) is 10.9 Å². The van der Waals surface area contributed by atoms with Crippen LogP contribution in [0.15, 0.2) is 6.20 Å². The Balaban J connectivity index is 2.21. The van der Waals surface area contributed by atoms with Crippen molar-refractivity contribution in [1.29, 1.82) is 0 Å². The van der Waals surface area contributed by atoms with Gasteiger partial charge in [0.05, 0.1) is 13.3 Å². The third-order valence-corrected chi connectivity index (χ3v) is 3.85. The Kier molecular flexibility index (Phi) is 3.93. The lowest BCUT2D eigenvalue weighted by Gasteiger charge is -2.34. The number of ketones is 1. The van der Waals surface area contributed by atoms with Crippen LogP contribution in [-0.4, -0.2) is 49.5 Å². The van der Waals surface area contributed by atoms with Gasteiger partial charge in [0.2, 0.25) is 0 Å². The minimum Gasteiger partial charge on any atom is -0.465 e. The van der Waals surface area contributed by atoms with Crippen molar-refractivity contribution in [2.24, 2.45) is 0 Å². The number of nitrogens with one attached hydrogen (secondary N) is 1. The fourth-order valence-electron chi connectivity index (χ4n) is 1.89. The first-order chi connectivity index (χ1) is 8.63. The molecule has 0 radical (unpaired) electrons. The summed E-state index contributed by atoms with van der Waals surface area (Å²) in [5.41, 5.74) is 0. The van der Waals surface area contributed by atoms with Crippen LogP contribution in [0.1, 0.15) is 16.6 Å². The van der Waals surface area contributed by atoms with E-state index in [0.717, 1.165) is 6.54 Å². The SMILES string of the molecule is COC(=O)c1cnc(N2CCNCC2C(C)=O)s1. The lowest BCUT2D eigenvalue weighted by Crippen LogP contribution is -2.54. The molecule has 6 nitrogen and oxygen atoms in total. The summed E-state index contributed by atoms with van der Waals surface area (Å²) >= 11 is 1.25. The first-order valence-electron chi connectivity index (χ1n) is 5.65. The number of rotatable bonds is 3. The largest absolute Gasteiger partial charge is 0.465 e. The van der Waals surface area contributed by atoms with Crippen LogP contribution in [0.5, 0.6) is 0 Å². The van der Waals surface area contributed by atoms with Crippen molar-refractivity contribution in [2.75, 3.05) is 31.6 Å². The van der Waals surface area contributed by atoms with Crippen LogP contribution in [0, 0.1) is 0 Å². The molecule has 7 heteroatoms. The third kappa shape index (κ3) is 2.51. The average molecular weight is 269 g/mol. The van der Waals surface area contributed by atoms with E-state index in [1.54, 1.807) is 6.92 Å². The molecule has 1 unspecified atom stereocenters. The molecule has 0 aromatic carbocycles. The molecule has 1 aromatic rings. The molecule has 1 atom stereocenters. The number of nitrogens with zero attached hydrogens (tertiary/aromatic N) is 2. The predicted molar refractivity (Wildman–Crippen MR) is 68.1 cm³/mol. The number of carbonyl (C=O) groups excluding carboxylic acids is 2. The normalized spacial score (nSPS) is 19.7. The van der Waals surface area contributed by atoms with Crippen molar-refractivity contribution in [3.05, 3.63) is 11.1 Å². The third-order valence-electron chi connectivity index (χ3n) is 2.84. The number of hydrogen-bond donors (Lipinski definition) is 1. The molecule has 1 aliphatic heterocycles. The van der Waals surface area contributed by atoms with Crippen LogP contribution in [-0.2, 0) is 9.53 Å². The monoisotopic (exact) mass is 269 g/mol. The molecule has 2 rings (SSSR count). The zero-order valence-corrected chi connectivity index (χ0v) is 11.1. The van der Waals surface area contributed by atoms with E-state index in [-0.39, 0.29) is 11.8 Å². The summed E-state index contributed by atoms with van der Waals surface area (Å²) in [7, 11) is 1.34. The molecule has 1 N–H and O–H groups in total. The van der Waals surface area contributed by atoms with Crippen LogP contribution in [0.4, 0.5) is 5.13 Å². The average Bonchev–Trinajstić information content (AvgIpc) is 2.87. The van der Waals surface area contributed by atoms with Gasteiger partial charge in [-0.25, -0.2) is 9.78 Å². The summed E-state index contributed by atoms with van der Waals surface area (Å²) in [6.07, 6.45) is 1.49. The molecule has 0 spiro atoms. The minimum absolute atomic E-state index is 0.0945. The van der Waals surface area contributed by atoms with Gasteiger partial charge in [-0.15, -0.1) is 0 Å². The first kappa shape index (κ1) is 13.0. The molecule has 1 aliphatic rings. The maximum atomic E-state index is 11.6. The quantitative estimate of drug-likeness (QED) is 0.796. The molecule has 18 heavy (non-hydrogen) atoms. The fourth-order valence-corrected chi connectivity index (χ4v) is 2.80. The highest BCUT2D eigenvalue weighted by atomic mass is 32.1. The number of hydrogen-bond acceptors (Lipinski definition) is 7. The Labute approximate surface area is 109 Å². The van der Waals surface area contributed by atoms with E-state index >= 15 is 0 Å². The number of thiazole rings is 1. The Bertz CT molecular complexity index is 460. The zero-order chi connectivity index (χ0) is 13.1. The predicted octanol–water partition coefficient (Wildman–Crippen LogP) is 0.297. The van der Waals surface area contributed by atoms with Crippen molar-refractivity contribution < 1.29 is 14.3 Å². The van der Waals surface area contributed by atoms with Gasteiger partial charge in [0.15, 0.2) is 10.9 Å². The van der Waals surface area contributed by atoms with Gasteiger partial charge in [0, 0.05) is 19.6 Å². The van der Waals surface area contributed by atoms with Crippen LogP contribution < -0.4 is 10.2 Å². The maximum Gasteiger partial charge on any atom is 0.349 e. The van der Waals surface area contributed by atoms with Crippen molar-refractivity contribution in [3.8, 4) is 0 Å². The summed E-state index contributed by atoms with van der Waals surface area (Å²) in [5, 5.41) is 3.87. The highest BCUT2D eigenvalue weighted by Gasteiger charge is 2.28. The Morgan fingerprint density at radius 2 is 2.39 bits per heavy atom. The molecule has 1 aromatic heterocycles. The molecule has 1 fully saturated rings. The van der Waals surface area contributed by atoms with Crippen molar-refractivity contribution in [3.63, 3.8) is 0 Å². The number of Topliss-reactive ketones (excluding diaryl/α,β-unsaturated/α-hetero) is 1. The number of methoxy groups -OCH3 is 1. The van der Waals surface area contributed by atoms with E-state index in [9.17, 15) is 9.59 Å². The molecule has 0 amide bonds. The van der Waals surface area contributed by atoms with Gasteiger partial charge in [-0.3, -0.25) is 4.79 Å². The summed E-state index contributed by atoms with van der Waals surface area (Å²) in [5.74, 6) is -0.301. The number of esters is 1. The van der Waals surface area contributed by atoms with Crippen LogP contribution in [0.25, 0.3) is 0 Å². The second kappa shape index (κ2) is 5.45. The van der Waals surface area contributed by atoms with Crippen molar-refractivity contribution >= 4 is 28.2 Å².